The Morgan fingerprint density at radius 2 is 1.72 bits per heavy atom. The number of carboxylic acids is 1. The lowest BCUT2D eigenvalue weighted by Crippen LogP contribution is -2.41. The fraction of sp³-hybridized carbons (Fsp3) is 0.800. The van der Waals surface area contributed by atoms with Gasteiger partial charge in [0.05, 0.1) is 6.42 Å². The maximum absolute atomic E-state index is 12.0. The number of rotatable bonds is 4. The van der Waals surface area contributed by atoms with Crippen molar-refractivity contribution in [2.24, 2.45) is 0 Å². The van der Waals surface area contributed by atoms with Crippen LogP contribution in [0.15, 0.2) is 0 Å². The maximum atomic E-state index is 12.0. The van der Waals surface area contributed by atoms with E-state index in [2.05, 4.69) is 0 Å². The van der Waals surface area contributed by atoms with Gasteiger partial charge in [0.2, 0.25) is 0 Å². The molecule has 0 aromatic heterocycles. The molecule has 0 saturated carbocycles. The highest BCUT2D eigenvalue weighted by Crippen LogP contribution is 2.20. The van der Waals surface area contributed by atoms with E-state index in [-0.39, 0.29) is 0 Å². The van der Waals surface area contributed by atoms with E-state index in [0.717, 1.165) is 0 Å². The molecule has 0 heterocycles. The van der Waals surface area contributed by atoms with Crippen LogP contribution in [0.5, 0.6) is 0 Å². The minimum absolute atomic E-state index is 0.515. The van der Waals surface area contributed by atoms with Crippen molar-refractivity contribution in [1.82, 2.24) is 4.90 Å². The molecule has 18 heavy (non-hydrogen) atoms. The third-order valence-electron chi connectivity index (χ3n) is 1.64. The van der Waals surface area contributed by atoms with Crippen LogP contribution in [-0.4, -0.2) is 46.9 Å². The molecule has 0 aliphatic carbocycles. The molecule has 0 spiro atoms. The summed E-state index contributed by atoms with van der Waals surface area (Å²) in [4.78, 5) is 22.5. The second-order valence-corrected chi connectivity index (χ2v) is 4.66. The maximum Gasteiger partial charge on any atom is 0.410 e. The molecule has 0 radical (unpaired) electrons. The van der Waals surface area contributed by atoms with Gasteiger partial charge in [0.1, 0.15) is 12.1 Å². The van der Waals surface area contributed by atoms with E-state index in [4.69, 9.17) is 9.84 Å². The SMILES string of the molecule is CC(C)(C)OC(=O)N(CCC(F)(F)F)CC(=O)O. The zero-order valence-electron chi connectivity index (χ0n) is 10.4. The minimum Gasteiger partial charge on any atom is -0.480 e. The first-order valence-electron chi connectivity index (χ1n) is 5.17. The number of nitrogens with zero attached hydrogens (tertiary/aromatic N) is 1. The van der Waals surface area contributed by atoms with Gasteiger partial charge in [-0.25, -0.2) is 4.79 Å². The first kappa shape index (κ1) is 16.5. The fourth-order valence-corrected chi connectivity index (χ4v) is 0.986. The molecule has 0 saturated heterocycles. The number of hydrogen-bond donors (Lipinski definition) is 1. The Bertz CT molecular complexity index is 309. The Balaban J connectivity index is 4.57. The Morgan fingerprint density at radius 3 is 2.06 bits per heavy atom. The van der Waals surface area contributed by atoms with Crippen LogP contribution < -0.4 is 0 Å². The average molecular weight is 271 g/mol. The first-order valence-corrected chi connectivity index (χ1v) is 5.17. The van der Waals surface area contributed by atoms with Gasteiger partial charge in [0.25, 0.3) is 0 Å². The molecular weight excluding hydrogens is 255 g/mol. The van der Waals surface area contributed by atoms with Gasteiger partial charge in [0, 0.05) is 6.54 Å². The summed E-state index contributed by atoms with van der Waals surface area (Å²) < 4.78 is 40.9. The van der Waals surface area contributed by atoms with E-state index >= 15 is 0 Å². The van der Waals surface area contributed by atoms with Crippen LogP contribution in [-0.2, 0) is 9.53 Å². The van der Waals surface area contributed by atoms with E-state index in [1.165, 1.54) is 20.8 Å². The van der Waals surface area contributed by atoms with Crippen LogP contribution in [0.3, 0.4) is 0 Å². The highest BCUT2D eigenvalue weighted by atomic mass is 19.4. The summed E-state index contributed by atoms with van der Waals surface area (Å²) in [6, 6.07) is 0. The van der Waals surface area contributed by atoms with Crippen molar-refractivity contribution in [2.45, 2.75) is 39.0 Å². The lowest BCUT2D eigenvalue weighted by Gasteiger charge is -2.26. The Hall–Kier alpha value is -1.47. The second-order valence-electron chi connectivity index (χ2n) is 4.66. The van der Waals surface area contributed by atoms with Crippen molar-refractivity contribution in [3.05, 3.63) is 0 Å². The third kappa shape index (κ3) is 8.66. The smallest absolute Gasteiger partial charge is 0.410 e. The van der Waals surface area contributed by atoms with Gasteiger partial charge in [-0.3, -0.25) is 9.69 Å². The van der Waals surface area contributed by atoms with Crippen LogP contribution in [0.2, 0.25) is 0 Å². The molecule has 0 unspecified atom stereocenters. The molecule has 0 bridgehead atoms. The number of amides is 1. The molecule has 1 amide bonds. The summed E-state index contributed by atoms with van der Waals surface area (Å²) in [5.74, 6) is -1.40. The van der Waals surface area contributed by atoms with Gasteiger partial charge in [-0.2, -0.15) is 13.2 Å². The molecule has 0 aromatic carbocycles. The molecule has 0 fully saturated rings. The number of aliphatic carboxylic acids is 1. The number of alkyl halides is 3. The number of hydrogen-bond acceptors (Lipinski definition) is 3. The van der Waals surface area contributed by atoms with Gasteiger partial charge >= 0.3 is 18.2 Å². The summed E-state index contributed by atoms with van der Waals surface area (Å²) in [7, 11) is 0. The highest BCUT2D eigenvalue weighted by Gasteiger charge is 2.31. The summed E-state index contributed by atoms with van der Waals surface area (Å²) >= 11 is 0. The van der Waals surface area contributed by atoms with Crippen LogP contribution in [0.1, 0.15) is 27.2 Å². The molecule has 5 nitrogen and oxygen atoms in total. The number of halogens is 3. The van der Waals surface area contributed by atoms with Gasteiger partial charge < -0.3 is 9.84 Å². The Labute approximate surface area is 103 Å². The zero-order chi connectivity index (χ0) is 14.6. The fourth-order valence-electron chi connectivity index (χ4n) is 0.986. The lowest BCUT2D eigenvalue weighted by atomic mass is 10.2. The van der Waals surface area contributed by atoms with E-state index in [1.54, 1.807) is 0 Å². The Kier molecular flexibility index (Phi) is 5.44. The summed E-state index contributed by atoms with van der Waals surface area (Å²) in [6.45, 7) is 3.03. The quantitative estimate of drug-likeness (QED) is 0.851. The van der Waals surface area contributed by atoms with Gasteiger partial charge in [-0.05, 0) is 20.8 Å². The summed E-state index contributed by atoms with van der Waals surface area (Å²) in [6.07, 6.45) is -6.81. The van der Waals surface area contributed by atoms with Crippen LogP contribution >= 0.6 is 0 Å². The average Bonchev–Trinajstić information content (AvgIpc) is 2.06. The summed E-state index contributed by atoms with van der Waals surface area (Å²) in [5, 5.41) is 8.53. The van der Waals surface area contributed by atoms with Gasteiger partial charge in [-0.15, -0.1) is 0 Å². The number of carbonyl (C=O) groups is 2. The minimum atomic E-state index is -4.46. The normalized spacial score (nSPS) is 12.1. The van der Waals surface area contributed by atoms with E-state index in [0.29, 0.717) is 4.90 Å². The number of carbonyl (C=O) groups excluding carboxylic acids is 1. The lowest BCUT2D eigenvalue weighted by molar-refractivity contribution is -0.144. The van der Waals surface area contributed by atoms with Gasteiger partial charge in [-0.1, -0.05) is 0 Å². The second kappa shape index (κ2) is 5.92. The van der Waals surface area contributed by atoms with Crippen molar-refractivity contribution in [1.29, 1.82) is 0 Å². The molecule has 106 valence electrons. The molecule has 8 heteroatoms. The van der Waals surface area contributed by atoms with Crippen molar-refractivity contribution in [2.75, 3.05) is 13.1 Å². The van der Waals surface area contributed by atoms with Crippen LogP contribution in [0.25, 0.3) is 0 Å². The predicted molar refractivity (Wildman–Crippen MR) is 56.1 cm³/mol. The van der Waals surface area contributed by atoms with Crippen LogP contribution in [0, 0.1) is 0 Å². The van der Waals surface area contributed by atoms with E-state index in [1.807, 2.05) is 0 Å². The van der Waals surface area contributed by atoms with E-state index in [9.17, 15) is 22.8 Å². The molecule has 0 atom stereocenters. The largest absolute Gasteiger partial charge is 0.480 e. The highest BCUT2D eigenvalue weighted by molar-refractivity contribution is 5.76. The molecular formula is C10H16F3NO4. The van der Waals surface area contributed by atoms with Gasteiger partial charge in [0.15, 0.2) is 0 Å². The van der Waals surface area contributed by atoms with Crippen molar-refractivity contribution in [3.63, 3.8) is 0 Å². The molecule has 0 rings (SSSR count). The third-order valence-corrected chi connectivity index (χ3v) is 1.64. The van der Waals surface area contributed by atoms with Crippen molar-refractivity contribution in [3.8, 4) is 0 Å². The molecule has 0 aliphatic rings. The number of carboxylic acid groups (broad SMARTS) is 1. The monoisotopic (exact) mass is 271 g/mol. The molecule has 0 aromatic rings. The van der Waals surface area contributed by atoms with Crippen LogP contribution in [0.4, 0.5) is 18.0 Å². The number of ether oxygens (including phenoxy) is 1. The van der Waals surface area contributed by atoms with Crippen molar-refractivity contribution >= 4 is 12.1 Å². The predicted octanol–water partition coefficient (Wildman–Crippen LogP) is 2.26. The molecule has 0 aliphatic heterocycles. The first-order chi connectivity index (χ1) is 7.91. The summed E-state index contributed by atoms with van der Waals surface area (Å²) in [5.41, 5.74) is -0.897. The van der Waals surface area contributed by atoms with Crippen molar-refractivity contribution < 1.29 is 32.6 Å². The molecule has 1 N–H and O–H groups in total. The van der Waals surface area contributed by atoms with E-state index < -0.39 is 43.4 Å². The Morgan fingerprint density at radius 1 is 1.22 bits per heavy atom. The standard InChI is InChI=1S/C10H16F3NO4/c1-9(2,3)18-8(17)14(6-7(15)16)5-4-10(11,12)13/h4-6H2,1-3H3,(H,15,16). The zero-order valence-corrected chi connectivity index (χ0v) is 10.4. The topological polar surface area (TPSA) is 66.8 Å².